The second-order valence-electron chi connectivity index (χ2n) is 4.55. The zero-order valence-electron chi connectivity index (χ0n) is 10.4. The molecule has 1 unspecified atom stereocenters. The first kappa shape index (κ1) is 12.8. The molecule has 0 bridgehead atoms. The van der Waals surface area contributed by atoms with Crippen molar-refractivity contribution in [2.24, 2.45) is 5.92 Å². The molecule has 0 radical (unpaired) electrons. The van der Waals surface area contributed by atoms with Gasteiger partial charge in [-0.3, -0.25) is 0 Å². The van der Waals surface area contributed by atoms with E-state index >= 15 is 0 Å². The van der Waals surface area contributed by atoms with Gasteiger partial charge in [-0.1, -0.05) is 0 Å². The Balaban J connectivity index is 1.97. The molecule has 94 valence electrons. The van der Waals surface area contributed by atoms with Gasteiger partial charge in [0.2, 0.25) is 0 Å². The Morgan fingerprint density at radius 2 is 2.41 bits per heavy atom. The number of hydrogen-bond acceptors (Lipinski definition) is 3. The Morgan fingerprint density at radius 3 is 3.12 bits per heavy atom. The maximum absolute atomic E-state index is 5.49. The first-order chi connectivity index (χ1) is 8.20. The molecule has 1 atom stereocenters. The molecule has 1 saturated heterocycles. The van der Waals surface area contributed by atoms with Crippen LogP contribution in [0, 0.1) is 12.8 Å². The molecule has 3 nitrogen and oxygen atoms in total. The van der Waals surface area contributed by atoms with Crippen molar-refractivity contribution in [2.45, 2.75) is 20.3 Å². The van der Waals surface area contributed by atoms with Crippen molar-refractivity contribution >= 4 is 21.7 Å². The van der Waals surface area contributed by atoms with Crippen molar-refractivity contribution in [3.05, 3.63) is 22.3 Å². The molecule has 0 spiro atoms. The standard InChI is InChI=1S/C13H19BrN2O/c1-3-17-9-11-4-5-16(8-11)13-6-10(2)12(14)7-15-13/h6-7,11H,3-5,8-9H2,1-2H3. The Hall–Kier alpha value is -0.610. The summed E-state index contributed by atoms with van der Waals surface area (Å²) in [6.45, 7) is 7.99. The van der Waals surface area contributed by atoms with Gasteiger partial charge >= 0.3 is 0 Å². The minimum atomic E-state index is 0.653. The van der Waals surface area contributed by atoms with E-state index in [4.69, 9.17) is 4.74 Å². The second kappa shape index (κ2) is 5.83. The summed E-state index contributed by atoms with van der Waals surface area (Å²) >= 11 is 3.48. The van der Waals surface area contributed by atoms with Crippen LogP contribution >= 0.6 is 15.9 Å². The van der Waals surface area contributed by atoms with Gasteiger partial charge < -0.3 is 9.64 Å². The van der Waals surface area contributed by atoms with Crippen LogP contribution in [0.4, 0.5) is 5.82 Å². The highest BCUT2D eigenvalue weighted by Gasteiger charge is 2.23. The first-order valence-corrected chi connectivity index (χ1v) is 6.95. The molecule has 0 saturated carbocycles. The van der Waals surface area contributed by atoms with Crippen LogP contribution in [0.3, 0.4) is 0 Å². The van der Waals surface area contributed by atoms with Crippen molar-refractivity contribution in [3.63, 3.8) is 0 Å². The number of pyridine rings is 1. The number of nitrogens with zero attached hydrogens (tertiary/aromatic N) is 2. The smallest absolute Gasteiger partial charge is 0.128 e. The molecular formula is C13H19BrN2O. The maximum atomic E-state index is 5.49. The molecule has 0 aliphatic carbocycles. The van der Waals surface area contributed by atoms with Crippen LogP contribution in [-0.2, 0) is 4.74 Å². The average Bonchev–Trinajstić information content (AvgIpc) is 2.79. The fraction of sp³-hybridized carbons (Fsp3) is 0.615. The van der Waals surface area contributed by atoms with Crippen molar-refractivity contribution < 1.29 is 4.74 Å². The molecule has 2 rings (SSSR count). The summed E-state index contributed by atoms with van der Waals surface area (Å²) in [5.41, 5.74) is 1.24. The van der Waals surface area contributed by atoms with E-state index in [0.29, 0.717) is 5.92 Å². The molecule has 4 heteroatoms. The lowest BCUT2D eigenvalue weighted by molar-refractivity contribution is 0.117. The average molecular weight is 299 g/mol. The van der Waals surface area contributed by atoms with E-state index in [9.17, 15) is 0 Å². The predicted octanol–water partition coefficient (Wildman–Crippen LogP) is 3.02. The monoisotopic (exact) mass is 298 g/mol. The zero-order chi connectivity index (χ0) is 12.3. The summed E-state index contributed by atoms with van der Waals surface area (Å²) in [5.74, 6) is 1.74. The van der Waals surface area contributed by atoms with Gasteiger partial charge in [-0.25, -0.2) is 4.98 Å². The third-order valence-corrected chi connectivity index (χ3v) is 4.03. The lowest BCUT2D eigenvalue weighted by atomic mass is 10.1. The number of hydrogen-bond donors (Lipinski definition) is 0. The van der Waals surface area contributed by atoms with E-state index < -0.39 is 0 Å². The van der Waals surface area contributed by atoms with Gasteiger partial charge in [0.05, 0.1) is 6.61 Å². The van der Waals surface area contributed by atoms with Gasteiger partial charge in [0, 0.05) is 36.3 Å². The van der Waals surface area contributed by atoms with E-state index in [1.54, 1.807) is 0 Å². The van der Waals surface area contributed by atoms with Gasteiger partial charge in [-0.05, 0) is 47.8 Å². The van der Waals surface area contributed by atoms with Gasteiger partial charge in [0.15, 0.2) is 0 Å². The summed E-state index contributed by atoms with van der Waals surface area (Å²) in [6, 6.07) is 2.15. The van der Waals surface area contributed by atoms with Crippen LogP contribution in [0.5, 0.6) is 0 Å². The summed E-state index contributed by atoms with van der Waals surface area (Å²) in [7, 11) is 0. The number of anilines is 1. The van der Waals surface area contributed by atoms with E-state index in [1.807, 2.05) is 13.1 Å². The van der Waals surface area contributed by atoms with Crippen molar-refractivity contribution in [1.82, 2.24) is 4.98 Å². The van der Waals surface area contributed by atoms with Crippen LogP contribution in [0.2, 0.25) is 0 Å². The fourth-order valence-electron chi connectivity index (χ4n) is 2.16. The molecule has 1 aliphatic heterocycles. The highest BCUT2D eigenvalue weighted by molar-refractivity contribution is 9.10. The van der Waals surface area contributed by atoms with Crippen LogP contribution in [0.15, 0.2) is 16.7 Å². The largest absolute Gasteiger partial charge is 0.381 e. The van der Waals surface area contributed by atoms with Crippen LogP contribution < -0.4 is 4.90 Å². The van der Waals surface area contributed by atoms with Gasteiger partial charge in [-0.2, -0.15) is 0 Å². The molecule has 1 aliphatic rings. The minimum absolute atomic E-state index is 0.653. The van der Waals surface area contributed by atoms with Crippen LogP contribution in [0.1, 0.15) is 18.9 Å². The quantitative estimate of drug-likeness (QED) is 0.854. The number of aryl methyl sites for hydroxylation is 1. The molecule has 1 aromatic heterocycles. The Labute approximate surface area is 111 Å². The lowest BCUT2D eigenvalue weighted by Crippen LogP contribution is -2.22. The summed E-state index contributed by atoms with van der Waals surface area (Å²) < 4.78 is 6.57. The molecule has 17 heavy (non-hydrogen) atoms. The highest BCUT2D eigenvalue weighted by Crippen LogP contribution is 2.25. The van der Waals surface area contributed by atoms with Crippen molar-refractivity contribution in [3.8, 4) is 0 Å². The van der Waals surface area contributed by atoms with Crippen LogP contribution in [-0.4, -0.2) is 31.3 Å². The molecule has 0 N–H and O–H groups in total. The Morgan fingerprint density at radius 1 is 1.59 bits per heavy atom. The van der Waals surface area contributed by atoms with Gasteiger partial charge in [0.1, 0.15) is 5.82 Å². The molecule has 2 heterocycles. The van der Waals surface area contributed by atoms with Gasteiger partial charge in [0.25, 0.3) is 0 Å². The SMILES string of the molecule is CCOCC1CCN(c2cc(C)c(Br)cn2)C1. The Bertz CT molecular complexity index is 384. The normalized spacial score (nSPS) is 19.9. The molecule has 0 aromatic carbocycles. The molecular weight excluding hydrogens is 280 g/mol. The zero-order valence-corrected chi connectivity index (χ0v) is 12.0. The van der Waals surface area contributed by atoms with Crippen molar-refractivity contribution in [1.29, 1.82) is 0 Å². The van der Waals surface area contributed by atoms with Gasteiger partial charge in [-0.15, -0.1) is 0 Å². The summed E-state index contributed by atoms with van der Waals surface area (Å²) in [4.78, 5) is 6.82. The van der Waals surface area contributed by atoms with Crippen molar-refractivity contribution in [2.75, 3.05) is 31.2 Å². The third kappa shape index (κ3) is 3.19. The first-order valence-electron chi connectivity index (χ1n) is 6.15. The third-order valence-electron chi connectivity index (χ3n) is 3.20. The second-order valence-corrected chi connectivity index (χ2v) is 5.41. The van der Waals surface area contributed by atoms with E-state index in [2.05, 4.69) is 38.8 Å². The summed E-state index contributed by atoms with van der Waals surface area (Å²) in [6.07, 6.45) is 3.09. The predicted molar refractivity (Wildman–Crippen MR) is 73.5 cm³/mol. The summed E-state index contributed by atoms with van der Waals surface area (Å²) in [5, 5.41) is 0. The Kier molecular flexibility index (Phi) is 4.40. The fourth-order valence-corrected chi connectivity index (χ4v) is 2.38. The number of halogens is 1. The highest BCUT2D eigenvalue weighted by atomic mass is 79.9. The minimum Gasteiger partial charge on any atom is -0.381 e. The number of ether oxygens (including phenoxy) is 1. The number of aromatic nitrogens is 1. The number of rotatable bonds is 4. The van der Waals surface area contributed by atoms with E-state index in [-0.39, 0.29) is 0 Å². The molecule has 1 fully saturated rings. The van der Waals surface area contributed by atoms with E-state index in [0.717, 1.165) is 36.6 Å². The molecule has 1 aromatic rings. The van der Waals surface area contributed by atoms with E-state index in [1.165, 1.54) is 12.0 Å². The lowest BCUT2D eigenvalue weighted by Gasteiger charge is -2.18. The van der Waals surface area contributed by atoms with Crippen LogP contribution in [0.25, 0.3) is 0 Å². The molecule has 0 amide bonds. The maximum Gasteiger partial charge on any atom is 0.128 e. The topological polar surface area (TPSA) is 25.4 Å².